The molecule has 0 unspecified atom stereocenters. The third kappa shape index (κ3) is 3.16. The van der Waals surface area contributed by atoms with Gasteiger partial charge in [-0.2, -0.15) is 9.78 Å². The molecule has 7 heteroatoms. The molecule has 0 spiro atoms. The van der Waals surface area contributed by atoms with Gasteiger partial charge in [-0.1, -0.05) is 34.6 Å². The number of rotatable bonds is 4. The first-order chi connectivity index (χ1) is 9.15. The van der Waals surface area contributed by atoms with E-state index < -0.39 is 0 Å². The maximum Gasteiger partial charge on any atom is 0.211 e. The van der Waals surface area contributed by atoms with Gasteiger partial charge in [-0.25, -0.2) is 0 Å². The van der Waals surface area contributed by atoms with Gasteiger partial charge in [0, 0.05) is 16.5 Å². The molecular formula is C12H13BrN4OS. The number of thioether (sulfide) groups is 1. The molecule has 19 heavy (non-hydrogen) atoms. The lowest BCUT2D eigenvalue weighted by atomic mass is 10.2. The summed E-state index contributed by atoms with van der Waals surface area (Å²) in [5.74, 6) is 0.971. The summed E-state index contributed by atoms with van der Waals surface area (Å²) >= 11 is 4.84. The molecule has 0 amide bonds. The first-order valence-corrected chi connectivity index (χ1v) is 7.68. The molecule has 0 fully saturated rings. The molecule has 0 atom stereocenters. The summed E-state index contributed by atoms with van der Waals surface area (Å²) in [5.41, 5.74) is 0.636. The number of halogens is 1. The van der Waals surface area contributed by atoms with Crippen molar-refractivity contribution in [3.63, 3.8) is 0 Å². The number of phenols is 1. The number of hydrogen-bond donors (Lipinski definition) is 1. The summed E-state index contributed by atoms with van der Waals surface area (Å²) in [6.45, 7) is 2.00. The van der Waals surface area contributed by atoms with Crippen molar-refractivity contribution in [1.82, 2.24) is 14.9 Å². The van der Waals surface area contributed by atoms with Crippen LogP contribution in [0.25, 0.3) is 0 Å². The van der Waals surface area contributed by atoms with E-state index in [9.17, 15) is 5.11 Å². The van der Waals surface area contributed by atoms with Crippen molar-refractivity contribution in [2.24, 2.45) is 5.10 Å². The molecule has 1 N–H and O–H groups in total. The quantitative estimate of drug-likeness (QED) is 0.686. The molecular weight excluding hydrogens is 328 g/mol. The highest BCUT2D eigenvalue weighted by molar-refractivity contribution is 9.10. The predicted molar refractivity (Wildman–Crippen MR) is 80.0 cm³/mol. The molecule has 2 aromatic rings. The molecule has 0 aliphatic rings. The van der Waals surface area contributed by atoms with E-state index in [-0.39, 0.29) is 5.75 Å². The number of hydrogen-bond acceptors (Lipinski definition) is 5. The number of phenolic OH excluding ortho intramolecular Hbond substituents is 1. The second kappa shape index (κ2) is 6.21. The largest absolute Gasteiger partial charge is 0.507 e. The lowest BCUT2D eigenvalue weighted by molar-refractivity contribution is 0.474. The lowest BCUT2D eigenvalue weighted by Gasteiger charge is -2.02. The molecule has 0 saturated carbocycles. The third-order valence-electron chi connectivity index (χ3n) is 2.48. The molecule has 1 heterocycles. The van der Waals surface area contributed by atoms with Crippen LogP contribution >= 0.6 is 27.7 Å². The molecule has 5 nitrogen and oxygen atoms in total. The fourth-order valence-electron chi connectivity index (χ4n) is 1.51. The minimum atomic E-state index is 0.184. The van der Waals surface area contributed by atoms with Gasteiger partial charge in [0.05, 0.1) is 6.21 Å². The zero-order valence-electron chi connectivity index (χ0n) is 10.5. The van der Waals surface area contributed by atoms with Crippen LogP contribution in [0.2, 0.25) is 0 Å². The fraction of sp³-hybridized carbons (Fsp3) is 0.250. The summed E-state index contributed by atoms with van der Waals surface area (Å²) in [4.78, 5) is 0. The number of aromatic nitrogens is 3. The highest BCUT2D eigenvalue weighted by Gasteiger charge is 2.08. The van der Waals surface area contributed by atoms with Crippen LogP contribution in [-0.4, -0.2) is 32.5 Å². The second-order valence-corrected chi connectivity index (χ2v) is 5.41. The van der Waals surface area contributed by atoms with Gasteiger partial charge in [-0.3, -0.25) is 0 Å². The number of nitrogens with zero attached hydrogens (tertiary/aromatic N) is 4. The smallest absolute Gasteiger partial charge is 0.211 e. The van der Waals surface area contributed by atoms with Crippen LogP contribution < -0.4 is 0 Å². The Morgan fingerprint density at radius 1 is 1.47 bits per heavy atom. The molecule has 0 saturated heterocycles. The first-order valence-electron chi connectivity index (χ1n) is 5.66. The van der Waals surface area contributed by atoms with E-state index in [2.05, 4.69) is 31.2 Å². The van der Waals surface area contributed by atoms with Crippen molar-refractivity contribution in [1.29, 1.82) is 0 Å². The average molecular weight is 341 g/mol. The van der Waals surface area contributed by atoms with Crippen LogP contribution in [-0.2, 0) is 6.42 Å². The van der Waals surface area contributed by atoms with Crippen molar-refractivity contribution >= 4 is 33.9 Å². The highest BCUT2D eigenvalue weighted by atomic mass is 79.9. The van der Waals surface area contributed by atoms with Gasteiger partial charge in [-0.15, -0.1) is 10.2 Å². The summed E-state index contributed by atoms with van der Waals surface area (Å²) in [6.07, 6.45) is 4.27. The van der Waals surface area contributed by atoms with E-state index >= 15 is 0 Å². The van der Waals surface area contributed by atoms with Crippen LogP contribution in [0.5, 0.6) is 5.75 Å². The SMILES string of the molecule is CCc1nnc(SC)n1/N=C\c1cc(Br)ccc1O. The summed E-state index contributed by atoms with van der Waals surface area (Å²) in [6, 6.07) is 5.19. The van der Waals surface area contributed by atoms with Gasteiger partial charge in [0.25, 0.3) is 0 Å². The molecule has 100 valence electrons. The maximum atomic E-state index is 9.76. The van der Waals surface area contributed by atoms with Gasteiger partial charge < -0.3 is 5.11 Å². The van der Waals surface area contributed by atoms with E-state index in [0.717, 1.165) is 21.9 Å². The van der Waals surface area contributed by atoms with Gasteiger partial charge in [0.15, 0.2) is 5.82 Å². The second-order valence-electron chi connectivity index (χ2n) is 3.72. The molecule has 2 rings (SSSR count). The predicted octanol–water partition coefficient (Wildman–Crippen LogP) is 2.91. The van der Waals surface area contributed by atoms with Crippen molar-refractivity contribution in [2.75, 3.05) is 6.26 Å². The average Bonchev–Trinajstić information content (AvgIpc) is 2.81. The van der Waals surface area contributed by atoms with Gasteiger partial charge >= 0.3 is 0 Å². The van der Waals surface area contributed by atoms with Gasteiger partial charge in [0.2, 0.25) is 5.16 Å². The Bertz CT molecular complexity index is 590. The number of aromatic hydroxyl groups is 1. The standard InChI is InChI=1S/C12H13BrN4OS/c1-3-11-15-16-12(19-2)17(11)14-7-8-6-9(13)4-5-10(8)18/h4-7,18H,3H2,1-2H3/b14-7-. The van der Waals surface area contributed by atoms with E-state index in [1.165, 1.54) is 11.8 Å². The molecule has 0 radical (unpaired) electrons. The topological polar surface area (TPSA) is 63.3 Å². The van der Waals surface area contributed by atoms with Crippen LogP contribution in [0, 0.1) is 0 Å². The lowest BCUT2D eigenvalue weighted by Crippen LogP contribution is -1.98. The minimum Gasteiger partial charge on any atom is -0.507 e. The van der Waals surface area contributed by atoms with Crippen molar-refractivity contribution in [2.45, 2.75) is 18.5 Å². The van der Waals surface area contributed by atoms with Crippen molar-refractivity contribution in [3.05, 3.63) is 34.1 Å². The van der Waals surface area contributed by atoms with E-state index in [1.807, 2.05) is 13.2 Å². The zero-order chi connectivity index (χ0) is 13.8. The van der Waals surface area contributed by atoms with Crippen LogP contribution in [0.1, 0.15) is 18.3 Å². The van der Waals surface area contributed by atoms with Gasteiger partial charge in [0.1, 0.15) is 5.75 Å². The zero-order valence-corrected chi connectivity index (χ0v) is 12.9. The molecule has 0 bridgehead atoms. The van der Waals surface area contributed by atoms with Crippen LogP contribution in [0.15, 0.2) is 32.9 Å². The number of benzene rings is 1. The first kappa shape index (κ1) is 14.1. The summed E-state index contributed by atoms with van der Waals surface area (Å²) in [5, 5.41) is 22.9. The van der Waals surface area contributed by atoms with Gasteiger partial charge in [-0.05, 0) is 24.5 Å². The monoisotopic (exact) mass is 340 g/mol. The van der Waals surface area contributed by atoms with Crippen LogP contribution in [0.4, 0.5) is 0 Å². The summed E-state index contributed by atoms with van der Waals surface area (Å²) < 4.78 is 2.57. The van der Waals surface area contributed by atoms with E-state index in [0.29, 0.717) is 5.56 Å². The highest BCUT2D eigenvalue weighted by Crippen LogP contribution is 2.20. The Morgan fingerprint density at radius 3 is 2.95 bits per heavy atom. The molecule has 0 aliphatic carbocycles. The van der Waals surface area contributed by atoms with Crippen molar-refractivity contribution in [3.8, 4) is 5.75 Å². The fourth-order valence-corrected chi connectivity index (χ4v) is 2.33. The normalized spacial score (nSPS) is 11.3. The van der Waals surface area contributed by atoms with Crippen molar-refractivity contribution < 1.29 is 5.11 Å². The molecule has 1 aromatic carbocycles. The maximum absolute atomic E-state index is 9.76. The van der Waals surface area contributed by atoms with Crippen LogP contribution in [0.3, 0.4) is 0 Å². The Balaban J connectivity index is 2.37. The summed E-state index contributed by atoms with van der Waals surface area (Å²) in [7, 11) is 0. The number of aryl methyl sites for hydroxylation is 1. The molecule has 1 aromatic heterocycles. The van der Waals surface area contributed by atoms with E-state index in [4.69, 9.17) is 0 Å². The Morgan fingerprint density at radius 2 is 2.26 bits per heavy atom. The minimum absolute atomic E-state index is 0.184. The Labute approximate surface area is 123 Å². The van der Waals surface area contributed by atoms with E-state index in [1.54, 1.807) is 29.1 Å². The Kier molecular flexibility index (Phi) is 4.60. The third-order valence-corrected chi connectivity index (χ3v) is 3.59. The Hall–Kier alpha value is -1.34. The molecule has 0 aliphatic heterocycles.